The first-order valence-electron chi connectivity index (χ1n) is 5.15. The van der Waals surface area contributed by atoms with Gasteiger partial charge in [0.15, 0.2) is 0 Å². The molecule has 0 unspecified atom stereocenters. The summed E-state index contributed by atoms with van der Waals surface area (Å²) in [5.74, 6) is 0.510. The van der Waals surface area contributed by atoms with Crippen molar-refractivity contribution in [1.82, 2.24) is 0 Å². The molecule has 0 heterocycles. The van der Waals surface area contributed by atoms with Crippen LogP contribution in [0.2, 0.25) is 0 Å². The van der Waals surface area contributed by atoms with Crippen molar-refractivity contribution in [2.75, 3.05) is 12.5 Å². The first kappa shape index (κ1) is 12.8. The van der Waals surface area contributed by atoms with Crippen LogP contribution in [-0.4, -0.2) is 17.6 Å². The smallest absolute Gasteiger partial charge is 0.124 e. The van der Waals surface area contributed by atoms with Crippen LogP contribution in [0.3, 0.4) is 0 Å². The number of hydrogen-bond donors (Lipinski definition) is 1. The van der Waals surface area contributed by atoms with E-state index in [1.165, 1.54) is 9.79 Å². The fraction of sp³-hybridized carbons (Fsp3) is 0.500. The van der Waals surface area contributed by atoms with E-state index in [0.29, 0.717) is 5.75 Å². The van der Waals surface area contributed by atoms with Crippen LogP contribution < -0.4 is 0 Å². The highest BCUT2D eigenvalue weighted by molar-refractivity contribution is 7.99. The van der Waals surface area contributed by atoms with Gasteiger partial charge in [-0.3, -0.25) is 0 Å². The minimum absolute atomic E-state index is 0.510. The summed E-state index contributed by atoms with van der Waals surface area (Å²) in [6, 6.07) is 2.20. The number of benzene rings is 1. The molecular formula is C12H18OS2. The van der Waals surface area contributed by atoms with Gasteiger partial charge < -0.3 is 5.11 Å². The minimum atomic E-state index is 0.510. The SMILES string of the molecule is CCc1c(SC)cc(SC)c(CC)c1O. The van der Waals surface area contributed by atoms with Gasteiger partial charge in [-0.2, -0.15) is 0 Å². The van der Waals surface area contributed by atoms with E-state index in [4.69, 9.17) is 0 Å². The molecule has 1 nitrogen and oxygen atoms in total. The van der Waals surface area contributed by atoms with Gasteiger partial charge >= 0.3 is 0 Å². The Morgan fingerprint density at radius 3 is 1.67 bits per heavy atom. The molecule has 0 spiro atoms. The molecular weight excluding hydrogens is 224 g/mol. The summed E-state index contributed by atoms with van der Waals surface area (Å²) in [5.41, 5.74) is 2.19. The fourth-order valence-electron chi connectivity index (χ4n) is 1.76. The number of aromatic hydroxyl groups is 1. The fourth-order valence-corrected chi connectivity index (χ4v) is 3.28. The highest BCUT2D eigenvalue weighted by atomic mass is 32.2. The third-order valence-corrected chi connectivity index (χ3v) is 4.18. The van der Waals surface area contributed by atoms with Crippen molar-refractivity contribution in [1.29, 1.82) is 0 Å². The van der Waals surface area contributed by atoms with Gasteiger partial charge in [-0.25, -0.2) is 0 Å². The van der Waals surface area contributed by atoms with E-state index in [9.17, 15) is 5.11 Å². The molecule has 0 aliphatic rings. The van der Waals surface area contributed by atoms with E-state index < -0.39 is 0 Å². The molecule has 84 valence electrons. The highest BCUT2D eigenvalue weighted by Crippen LogP contribution is 2.38. The van der Waals surface area contributed by atoms with Crippen LogP contribution in [0.4, 0.5) is 0 Å². The van der Waals surface area contributed by atoms with Crippen molar-refractivity contribution in [3.05, 3.63) is 17.2 Å². The molecule has 1 N–H and O–H groups in total. The Balaban J connectivity index is 3.41. The van der Waals surface area contributed by atoms with Gasteiger partial charge in [-0.1, -0.05) is 13.8 Å². The summed E-state index contributed by atoms with van der Waals surface area (Å²) in [6.07, 6.45) is 5.90. The number of rotatable bonds is 4. The summed E-state index contributed by atoms with van der Waals surface area (Å²) < 4.78 is 0. The zero-order valence-corrected chi connectivity index (χ0v) is 11.4. The van der Waals surface area contributed by atoms with Gasteiger partial charge in [-0.15, -0.1) is 23.5 Å². The molecule has 1 aromatic rings. The topological polar surface area (TPSA) is 20.2 Å². The third-order valence-electron chi connectivity index (χ3n) is 2.58. The standard InChI is InChI=1S/C12H18OS2/c1-5-8-10(14-3)7-11(15-4)9(6-2)12(8)13/h7,13H,5-6H2,1-4H3. The summed E-state index contributed by atoms with van der Waals surface area (Å²) in [5, 5.41) is 10.2. The van der Waals surface area contributed by atoms with E-state index in [2.05, 4.69) is 32.4 Å². The molecule has 0 aliphatic heterocycles. The largest absolute Gasteiger partial charge is 0.507 e. The average Bonchev–Trinajstić information content (AvgIpc) is 2.27. The maximum atomic E-state index is 10.2. The van der Waals surface area contributed by atoms with E-state index >= 15 is 0 Å². The molecule has 0 aliphatic carbocycles. The van der Waals surface area contributed by atoms with E-state index in [-0.39, 0.29) is 0 Å². The molecule has 3 heteroatoms. The number of hydrogen-bond acceptors (Lipinski definition) is 3. The van der Waals surface area contributed by atoms with E-state index in [1.807, 2.05) is 0 Å². The van der Waals surface area contributed by atoms with Crippen molar-refractivity contribution in [3.8, 4) is 5.75 Å². The molecule has 0 aromatic heterocycles. The van der Waals surface area contributed by atoms with Crippen LogP contribution in [0.5, 0.6) is 5.75 Å². The average molecular weight is 242 g/mol. The molecule has 15 heavy (non-hydrogen) atoms. The number of phenolic OH excluding ortho intramolecular Hbond substituents is 1. The lowest BCUT2D eigenvalue weighted by atomic mass is 10.0. The maximum absolute atomic E-state index is 10.2. The van der Waals surface area contributed by atoms with Gasteiger partial charge in [0.05, 0.1) is 0 Å². The van der Waals surface area contributed by atoms with Crippen LogP contribution in [0.15, 0.2) is 15.9 Å². The van der Waals surface area contributed by atoms with Gasteiger partial charge in [-0.05, 0) is 31.4 Å². The minimum Gasteiger partial charge on any atom is -0.507 e. The van der Waals surface area contributed by atoms with Crippen molar-refractivity contribution < 1.29 is 5.11 Å². The normalized spacial score (nSPS) is 10.7. The van der Waals surface area contributed by atoms with Gasteiger partial charge in [0.1, 0.15) is 5.75 Å². The number of phenols is 1. The monoisotopic (exact) mass is 242 g/mol. The molecule has 0 amide bonds. The second kappa shape index (κ2) is 5.71. The molecule has 0 radical (unpaired) electrons. The summed E-state index contributed by atoms with van der Waals surface area (Å²) in [4.78, 5) is 2.41. The van der Waals surface area contributed by atoms with Gasteiger partial charge in [0.25, 0.3) is 0 Å². The molecule has 0 bridgehead atoms. The third kappa shape index (κ3) is 2.45. The van der Waals surface area contributed by atoms with Gasteiger partial charge in [0.2, 0.25) is 0 Å². The van der Waals surface area contributed by atoms with Crippen LogP contribution in [0, 0.1) is 0 Å². The summed E-state index contributed by atoms with van der Waals surface area (Å²) in [7, 11) is 0. The zero-order chi connectivity index (χ0) is 11.4. The van der Waals surface area contributed by atoms with Gasteiger partial charge in [0, 0.05) is 20.9 Å². The molecule has 1 aromatic carbocycles. The molecule has 1 rings (SSSR count). The lowest BCUT2D eigenvalue weighted by Crippen LogP contribution is -1.94. The Morgan fingerprint density at radius 1 is 1.00 bits per heavy atom. The Bertz CT molecular complexity index is 318. The first-order chi connectivity index (χ1) is 7.19. The summed E-state index contributed by atoms with van der Waals surface area (Å²) in [6.45, 7) is 4.18. The van der Waals surface area contributed by atoms with Crippen molar-refractivity contribution in [2.45, 2.75) is 36.5 Å². The van der Waals surface area contributed by atoms with Crippen LogP contribution in [-0.2, 0) is 12.8 Å². The van der Waals surface area contributed by atoms with Crippen molar-refractivity contribution in [2.24, 2.45) is 0 Å². The second-order valence-electron chi connectivity index (χ2n) is 3.29. The number of thioether (sulfide) groups is 2. The predicted octanol–water partition coefficient (Wildman–Crippen LogP) is 3.96. The van der Waals surface area contributed by atoms with E-state index in [0.717, 1.165) is 24.0 Å². The van der Waals surface area contributed by atoms with Crippen LogP contribution in [0.25, 0.3) is 0 Å². The highest BCUT2D eigenvalue weighted by Gasteiger charge is 2.14. The zero-order valence-electron chi connectivity index (χ0n) is 9.76. The first-order valence-corrected chi connectivity index (χ1v) is 7.60. The Labute approximate surface area is 101 Å². The van der Waals surface area contributed by atoms with Crippen molar-refractivity contribution in [3.63, 3.8) is 0 Å². The lowest BCUT2D eigenvalue weighted by molar-refractivity contribution is 0.457. The molecule has 0 atom stereocenters. The lowest BCUT2D eigenvalue weighted by Gasteiger charge is -2.15. The predicted molar refractivity (Wildman–Crippen MR) is 70.4 cm³/mol. The van der Waals surface area contributed by atoms with Crippen molar-refractivity contribution >= 4 is 23.5 Å². The Morgan fingerprint density at radius 2 is 1.40 bits per heavy atom. The summed E-state index contributed by atoms with van der Waals surface area (Å²) >= 11 is 3.42. The molecule has 0 fully saturated rings. The van der Waals surface area contributed by atoms with Crippen LogP contribution in [0.1, 0.15) is 25.0 Å². The quantitative estimate of drug-likeness (QED) is 0.807. The second-order valence-corrected chi connectivity index (χ2v) is 4.99. The van der Waals surface area contributed by atoms with E-state index in [1.54, 1.807) is 23.5 Å². The Kier molecular flexibility index (Phi) is 4.87. The van der Waals surface area contributed by atoms with Crippen LogP contribution >= 0.6 is 23.5 Å². The molecule has 0 saturated heterocycles. The molecule has 0 saturated carbocycles. The Hall–Kier alpha value is -0.280. The maximum Gasteiger partial charge on any atom is 0.124 e.